The molecule has 0 unspecified atom stereocenters. The Morgan fingerprint density at radius 3 is 0.824 bits per heavy atom. The summed E-state index contributed by atoms with van der Waals surface area (Å²) in [7, 11) is 4.20. The van der Waals surface area contributed by atoms with Crippen LogP contribution in [0.1, 0.15) is 0 Å². The normalized spacial score (nSPS) is 10.6. The minimum Gasteiger partial charge on any atom is -0.345 e. The molecule has 0 radical (unpaired) electrons. The molecule has 5 aromatic rings. The van der Waals surface area contributed by atoms with Crippen LogP contribution in [0.15, 0.2) is 133 Å². The lowest BCUT2D eigenvalue weighted by Crippen LogP contribution is -2.08. The van der Waals surface area contributed by atoms with E-state index < -0.39 is 0 Å². The summed E-state index contributed by atoms with van der Waals surface area (Å²) in [6.07, 6.45) is 0. The molecule has 0 aliphatic carbocycles. The Morgan fingerprint density at radius 2 is 0.529 bits per heavy atom. The summed E-state index contributed by atoms with van der Waals surface area (Å²) in [5, 5.41) is 0. The Bertz CT molecular complexity index is 1220. The lowest BCUT2D eigenvalue weighted by atomic mass is 10.00. The van der Waals surface area contributed by atoms with E-state index in [2.05, 4.69) is 145 Å². The van der Waals surface area contributed by atoms with Crippen molar-refractivity contribution in [2.75, 3.05) is 23.9 Å². The van der Waals surface area contributed by atoms with E-state index in [0.717, 1.165) is 0 Å². The Labute approximate surface area is 202 Å². The fourth-order valence-corrected chi connectivity index (χ4v) is 4.21. The second-order valence-electron chi connectivity index (χ2n) is 8.46. The summed E-state index contributed by atoms with van der Waals surface area (Å²) < 4.78 is 0. The Morgan fingerprint density at radius 1 is 0.294 bits per heavy atom. The van der Waals surface area contributed by atoms with Crippen LogP contribution in [0.3, 0.4) is 0 Å². The molecule has 2 nitrogen and oxygen atoms in total. The van der Waals surface area contributed by atoms with E-state index in [1.54, 1.807) is 0 Å². The molecule has 0 N–H and O–H groups in total. The fourth-order valence-electron chi connectivity index (χ4n) is 4.21. The molecule has 5 rings (SSSR count). The standard InChI is InChI=1S/C32H28N2/c1-33(29-9-5-3-6-10-29)31-21-17-27(18-22-31)25-13-15-26(16-14-25)28-19-23-32(24-20-28)34(2)30-11-7-4-8-12-30/h3-24H,1-2H3. The second kappa shape index (κ2) is 9.68. The monoisotopic (exact) mass is 440 g/mol. The zero-order chi connectivity index (χ0) is 23.3. The van der Waals surface area contributed by atoms with Gasteiger partial charge in [0.1, 0.15) is 0 Å². The molecule has 0 amide bonds. The van der Waals surface area contributed by atoms with E-state index in [4.69, 9.17) is 0 Å². The predicted molar refractivity (Wildman–Crippen MR) is 146 cm³/mol. The molecule has 0 heterocycles. The van der Waals surface area contributed by atoms with E-state index in [1.165, 1.54) is 45.0 Å². The summed E-state index contributed by atoms with van der Waals surface area (Å²) in [6.45, 7) is 0. The van der Waals surface area contributed by atoms with Crippen LogP contribution in [-0.2, 0) is 0 Å². The van der Waals surface area contributed by atoms with Crippen molar-refractivity contribution in [1.29, 1.82) is 0 Å². The lowest BCUT2D eigenvalue weighted by Gasteiger charge is -2.20. The van der Waals surface area contributed by atoms with Gasteiger partial charge in [-0.05, 0) is 70.8 Å². The summed E-state index contributed by atoms with van der Waals surface area (Å²) >= 11 is 0. The molecule has 0 fully saturated rings. The lowest BCUT2D eigenvalue weighted by molar-refractivity contribution is 1.21. The van der Waals surface area contributed by atoms with Crippen molar-refractivity contribution < 1.29 is 0 Å². The van der Waals surface area contributed by atoms with Gasteiger partial charge in [0.25, 0.3) is 0 Å². The van der Waals surface area contributed by atoms with Gasteiger partial charge in [0.15, 0.2) is 0 Å². The van der Waals surface area contributed by atoms with Gasteiger partial charge in [0, 0.05) is 36.8 Å². The molecule has 0 spiro atoms. The van der Waals surface area contributed by atoms with Gasteiger partial charge in [-0.15, -0.1) is 0 Å². The molecule has 0 aliphatic heterocycles. The maximum Gasteiger partial charge on any atom is 0.0408 e. The number of para-hydroxylation sites is 2. The molecule has 34 heavy (non-hydrogen) atoms. The summed E-state index contributed by atoms with van der Waals surface area (Å²) in [6, 6.07) is 47.1. The SMILES string of the molecule is CN(c1ccccc1)c1ccc(-c2ccc(-c3ccc(N(C)c4ccccc4)cc3)cc2)cc1. The maximum absolute atomic E-state index is 2.20. The summed E-state index contributed by atoms with van der Waals surface area (Å²) in [5.41, 5.74) is 9.59. The fraction of sp³-hybridized carbons (Fsp3) is 0.0625. The highest BCUT2D eigenvalue weighted by Crippen LogP contribution is 2.30. The molecular formula is C32H28N2. The van der Waals surface area contributed by atoms with Crippen LogP contribution in [-0.4, -0.2) is 14.1 Å². The van der Waals surface area contributed by atoms with Crippen LogP contribution in [0.2, 0.25) is 0 Å². The van der Waals surface area contributed by atoms with E-state index >= 15 is 0 Å². The third-order valence-electron chi connectivity index (χ3n) is 6.35. The average Bonchev–Trinajstić information content (AvgIpc) is 2.93. The van der Waals surface area contributed by atoms with E-state index in [0.29, 0.717) is 0 Å². The third-order valence-corrected chi connectivity index (χ3v) is 6.35. The number of anilines is 4. The first-order valence-corrected chi connectivity index (χ1v) is 11.6. The topological polar surface area (TPSA) is 6.48 Å². The highest BCUT2D eigenvalue weighted by atomic mass is 15.1. The van der Waals surface area contributed by atoms with E-state index in [-0.39, 0.29) is 0 Å². The Hall–Kier alpha value is -4.30. The predicted octanol–water partition coefficient (Wildman–Crippen LogP) is 8.56. The molecule has 0 atom stereocenters. The van der Waals surface area contributed by atoms with E-state index in [1.807, 2.05) is 12.1 Å². The van der Waals surface area contributed by atoms with Crippen LogP contribution in [0.4, 0.5) is 22.7 Å². The van der Waals surface area contributed by atoms with Crippen LogP contribution in [0.5, 0.6) is 0 Å². The van der Waals surface area contributed by atoms with Gasteiger partial charge in [-0.3, -0.25) is 0 Å². The highest BCUT2D eigenvalue weighted by molar-refractivity contribution is 5.74. The molecule has 5 aromatic carbocycles. The van der Waals surface area contributed by atoms with Gasteiger partial charge in [0.05, 0.1) is 0 Å². The Kier molecular flexibility index (Phi) is 6.13. The van der Waals surface area contributed by atoms with Crippen molar-refractivity contribution in [3.63, 3.8) is 0 Å². The quantitative estimate of drug-likeness (QED) is 0.261. The van der Waals surface area contributed by atoms with Crippen LogP contribution in [0.25, 0.3) is 22.3 Å². The van der Waals surface area contributed by atoms with Crippen LogP contribution in [0, 0.1) is 0 Å². The van der Waals surface area contributed by atoms with Gasteiger partial charge in [-0.1, -0.05) is 84.9 Å². The summed E-state index contributed by atoms with van der Waals surface area (Å²) in [4.78, 5) is 4.40. The van der Waals surface area contributed by atoms with Gasteiger partial charge in [-0.2, -0.15) is 0 Å². The van der Waals surface area contributed by atoms with Gasteiger partial charge in [0.2, 0.25) is 0 Å². The van der Waals surface area contributed by atoms with Crippen molar-refractivity contribution in [3.8, 4) is 22.3 Å². The molecule has 0 saturated carbocycles. The first-order valence-electron chi connectivity index (χ1n) is 11.6. The van der Waals surface area contributed by atoms with Crippen LogP contribution < -0.4 is 9.80 Å². The minimum atomic E-state index is 1.17. The average molecular weight is 441 g/mol. The van der Waals surface area contributed by atoms with Crippen molar-refractivity contribution in [3.05, 3.63) is 133 Å². The highest BCUT2D eigenvalue weighted by Gasteiger charge is 2.06. The largest absolute Gasteiger partial charge is 0.345 e. The van der Waals surface area contributed by atoms with Crippen LogP contribution >= 0.6 is 0 Å². The molecular weight excluding hydrogens is 412 g/mol. The smallest absolute Gasteiger partial charge is 0.0408 e. The third kappa shape index (κ3) is 4.57. The van der Waals surface area contributed by atoms with Crippen molar-refractivity contribution in [1.82, 2.24) is 0 Å². The zero-order valence-corrected chi connectivity index (χ0v) is 19.6. The number of rotatable bonds is 6. The molecule has 0 saturated heterocycles. The maximum atomic E-state index is 2.20. The minimum absolute atomic E-state index is 1.17. The summed E-state index contributed by atoms with van der Waals surface area (Å²) in [5.74, 6) is 0. The van der Waals surface area contributed by atoms with Crippen molar-refractivity contribution in [2.24, 2.45) is 0 Å². The van der Waals surface area contributed by atoms with Crippen molar-refractivity contribution >= 4 is 22.7 Å². The van der Waals surface area contributed by atoms with Gasteiger partial charge >= 0.3 is 0 Å². The van der Waals surface area contributed by atoms with Gasteiger partial charge < -0.3 is 9.80 Å². The number of hydrogen-bond donors (Lipinski definition) is 0. The number of benzene rings is 5. The first kappa shape index (κ1) is 21.5. The zero-order valence-electron chi connectivity index (χ0n) is 19.6. The molecule has 0 bridgehead atoms. The first-order chi connectivity index (χ1) is 16.7. The number of hydrogen-bond acceptors (Lipinski definition) is 2. The van der Waals surface area contributed by atoms with Gasteiger partial charge in [-0.25, -0.2) is 0 Å². The molecule has 166 valence electrons. The molecule has 0 aromatic heterocycles. The second-order valence-corrected chi connectivity index (χ2v) is 8.46. The Balaban J connectivity index is 1.30. The number of nitrogens with zero attached hydrogens (tertiary/aromatic N) is 2. The van der Waals surface area contributed by atoms with E-state index in [9.17, 15) is 0 Å². The molecule has 2 heteroatoms. The van der Waals surface area contributed by atoms with Crippen molar-refractivity contribution in [2.45, 2.75) is 0 Å². The molecule has 0 aliphatic rings.